The van der Waals surface area contributed by atoms with Crippen molar-refractivity contribution >= 4 is 16.8 Å². The van der Waals surface area contributed by atoms with E-state index in [1.165, 1.54) is 0 Å². The third-order valence-corrected chi connectivity index (χ3v) is 4.49. The lowest BCUT2D eigenvalue weighted by Gasteiger charge is -2.07. The molecular formula is C21H19N3O4. The molecule has 2 N–H and O–H groups in total. The average molecular weight is 377 g/mol. The van der Waals surface area contributed by atoms with E-state index in [1.54, 1.807) is 32.5 Å². The molecule has 142 valence electrons. The summed E-state index contributed by atoms with van der Waals surface area (Å²) in [6.07, 6.45) is 1.71. The molecule has 2 aromatic heterocycles. The normalized spacial score (nSPS) is 10.8. The molecule has 0 radical (unpaired) electrons. The number of aromatic amines is 1. The molecule has 2 heterocycles. The van der Waals surface area contributed by atoms with Crippen molar-refractivity contribution in [1.29, 1.82) is 0 Å². The second kappa shape index (κ2) is 7.48. The molecule has 7 nitrogen and oxygen atoms in total. The van der Waals surface area contributed by atoms with E-state index in [0.717, 1.165) is 16.5 Å². The molecule has 0 spiro atoms. The van der Waals surface area contributed by atoms with Crippen LogP contribution in [0.2, 0.25) is 0 Å². The molecule has 0 saturated heterocycles. The van der Waals surface area contributed by atoms with Gasteiger partial charge in [0.1, 0.15) is 5.69 Å². The largest absolute Gasteiger partial charge is 0.493 e. The van der Waals surface area contributed by atoms with E-state index in [9.17, 15) is 4.79 Å². The van der Waals surface area contributed by atoms with Gasteiger partial charge in [0.25, 0.3) is 5.91 Å². The molecular weight excluding hydrogens is 358 g/mol. The summed E-state index contributed by atoms with van der Waals surface area (Å²) in [5.74, 6) is 1.65. The van der Waals surface area contributed by atoms with Crippen LogP contribution in [0.25, 0.3) is 22.2 Å². The first-order chi connectivity index (χ1) is 13.7. The van der Waals surface area contributed by atoms with Crippen LogP contribution >= 0.6 is 0 Å². The zero-order valence-corrected chi connectivity index (χ0v) is 15.5. The first kappa shape index (κ1) is 17.7. The summed E-state index contributed by atoms with van der Waals surface area (Å²) in [5, 5.41) is 7.79. The van der Waals surface area contributed by atoms with E-state index >= 15 is 0 Å². The molecule has 28 heavy (non-hydrogen) atoms. The molecule has 0 aliphatic heterocycles. The number of aromatic nitrogens is 2. The maximum atomic E-state index is 12.5. The highest BCUT2D eigenvalue weighted by Gasteiger charge is 2.14. The lowest BCUT2D eigenvalue weighted by Crippen LogP contribution is -2.22. The molecule has 4 aromatic rings. The quantitative estimate of drug-likeness (QED) is 0.534. The minimum absolute atomic E-state index is 0.173. The second-order valence-electron chi connectivity index (χ2n) is 6.18. The number of carbonyl (C=O) groups excluding carboxylic acids is 1. The lowest BCUT2D eigenvalue weighted by atomic mass is 10.1. The van der Waals surface area contributed by atoms with Crippen LogP contribution in [-0.2, 0) is 6.54 Å². The first-order valence-electron chi connectivity index (χ1n) is 8.72. The van der Waals surface area contributed by atoms with Crippen molar-refractivity contribution < 1.29 is 18.8 Å². The minimum Gasteiger partial charge on any atom is -0.493 e. The van der Waals surface area contributed by atoms with Gasteiger partial charge < -0.3 is 24.3 Å². The van der Waals surface area contributed by atoms with E-state index in [-0.39, 0.29) is 12.5 Å². The maximum Gasteiger partial charge on any atom is 0.253 e. The Bertz CT molecular complexity index is 1130. The Morgan fingerprint density at radius 3 is 2.75 bits per heavy atom. The number of H-pyrrole nitrogens is 1. The lowest BCUT2D eigenvalue weighted by molar-refractivity contribution is 0.0952. The molecule has 4 rings (SSSR count). The van der Waals surface area contributed by atoms with Crippen LogP contribution in [-0.4, -0.2) is 30.3 Å². The summed E-state index contributed by atoms with van der Waals surface area (Å²) in [6.45, 7) is 0.259. The van der Waals surface area contributed by atoms with Crippen molar-refractivity contribution in [3.63, 3.8) is 0 Å². The predicted molar refractivity (Wildman–Crippen MR) is 105 cm³/mol. The van der Waals surface area contributed by atoms with Gasteiger partial charge in [-0.3, -0.25) is 4.79 Å². The van der Waals surface area contributed by atoms with Crippen LogP contribution in [0.3, 0.4) is 0 Å². The summed E-state index contributed by atoms with van der Waals surface area (Å²) < 4.78 is 16.0. The molecule has 1 amide bonds. The Balaban J connectivity index is 1.47. The average Bonchev–Trinajstić information content (AvgIpc) is 3.38. The van der Waals surface area contributed by atoms with Gasteiger partial charge in [-0.15, -0.1) is 0 Å². The Labute approximate surface area is 161 Å². The zero-order chi connectivity index (χ0) is 19.5. The monoisotopic (exact) mass is 377 g/mol. The number of rotatable bonds is 6. The second-order valence-corrected chi connectivity index (χ2v) is 6.18. The molecule has 0 bridgehead atoms. The Morgan fingerprint density at radius 1 is 1.11 bits per heavy atom. The van der Waals surface area contributed by atoms with E-state index in [0.29, 0.717) is 28.5 Å². The van der Waals surface area contributed by atoms with Crippen molar-refractivity contribution in [1.82, 2.24) is 15.5 Å². The van der Waals surface area contributed by atoms with Crippen LogP contribution < -0.4 is 14.8 Å². The van der Waals surface area contributed by atoms with Crippen LogP contribution in [0.1, 0.15) is 16.1 Å². The third kappa shape index (κ3) is 3.29. The van der Waals surface area contributed by atoms with Crippen molar-refractivity contribution in [2.75, 3.05) is 14.2 Å². The van der Waals surface area contributed by atoms with Crippen molar-refractivity contribution in [2.45, 2.75) is 6.54 Å². The SMILES string of the molecule is COc1ccc(-c2cc(CNC(=O)c3c[nH]c4ccccc34)no2)cc1OC. The summed E-state index contributed by atoms with van der Waals surface area (Å²) in [5.41, 5.74) is 2.95. The van der Waals surface area contributed by atoms with E-state index in [4.69, 9.17) is 14.0 Å². The van der Waals surface area contributed by atoms with Gasteiger partial charge in [-0.1, -0.05) is 23.4 Å². The van der Waals surface area contributed by atoms with Crippen LogP contribution in [0.4, 0.5) is 0 Å². The number of nitrogens with zero attached hydrogens (tertiary/aromatic N) is 1. The molecule has 2 aromatic carbocycles. The first-order valence-corrected chi connectivity index (χ1v) is 8.72. The number of hydrogen-bond acceptors (Lipinski definition) is 5. The molecule has 0 unspecified atom stereocenters. The Kier molecular flexibility index (Phi) is 4.72. The fourth-order valence-electron chi connectivity index (χ4n) is 3.05. The fraction of sp³-hybridized carbons (Fsp3) is 0.143. The van der Waals surface area contributed by atoms with Gasteiger partial charge in [-0.2, -0.15) is 0 Å². The summed E-state index contributed by atoms with van der Waals surface area (Å²) in [7, 11) is 3.16. The summed E-state index contributed by atoms with van der Waals surface area (Å²) in [4.78, 5) is 15.6. The number of fused-ring (bicyclic) bond motifs is 1. The minimum atomic E-state index is -0.173. The predicted octanol–water partition coefficient (Wildman–Crippen LogP) is 3.77. The Hall–Kier alpha value is -3.74. The number of amides is 1. The standard InChI is InChI=1S/C21H19N3O4/c1-26-18-8-7-13(9-20(18)27-2)19-10-14(24-28-19)11-23-21(25)16-12-22-17-6-4-3-5-15(16)17/h3-10,12,22H,11H2,1-2H3,(H,23,25). The molecule has 7 heteroatoms. The van der Waals surface area contributed by atoms with Crippen molar-refractivity contribution in [3.05, 3.63) is 66.0 Å². The van der Waals surface area contributed by atoms with E-state index in [1.807, 2.05) is 36.4 Å². The summed E-state index contributed by atoms with van der Waals surface area (Å²) >= 11 is 0. The number of carbonyl (C=O) groups is 1. The van der Waals surface area contributed by atoms with E-state index < -0.39 is 0 Å². The number of nitrogens with one attached hydrogen (secondary N) is 2. The van der Waals surface area contributed by atoms with Gasteiger partial charge in [-0.05, 0) is 24.3 Å². The van der Waals surface area contributed by atoms with Gasteiger partial charge in [0.05, 0.1) is 26.3 Å². The molecule has 0 saturated carbocycles. The smallest absolute Gasteiger partial charge is 0.253 e. The van der Waals surface area contributed by atoms with Crippen LogP contribution in [0.15, 0.2) is 59.3 Å². The highest BCUT2D eigenvalue weighted by Crippen LogP contribution is 2.32. The van der Waals surface area contributed by atoms with Gasteiger partial charge in [-0.25, -0.2) is 0 Å². The van der Waals surface area contributed by atoms with Crippen molar-refractivity contribution in [2.24, 2.45) is 0 Å². The third-order valence-electron chi connectivity index (χ3n) is 4.49. The molecule has 0 aliphatic carbocycles. The topological polar surface area (TPSA) is 89.4 Å². The summed E-state index contributed by atoms with van der Waals surface area (Å²) in [6, 6.07) is 14.9. The van der Waals surface area contributed by atoms with Gasteiger partial charge in [0.15, 0.2) is 17.3 Å². The molecule has 0 fully saturated rings. The van der Waals surface area contributed by atoms with Gasteiger partial charge >= 0.3 is 0 Å². The Morgan fingerprint density at radius 2 is 1.93 bits per heavy atom. The number of hydrogen-bond donors (Lipinski definition) is 2. The maximum absolute atomic E-state index is 12.5. The van der Waals surface area contributed by atoms with Crippen LogP contribution in [0.5, 0.6) is 11.5 Å². The van der Waals surface area contributed by atoms with Gasteiger partial charge in [0, 0.05) is 28.7 Å². The van der Waals surface area contributed by atoms with Crippen molar-refractivity contribution in [3.8, 4) is 22.8 Å². The fourth-order valence-corrected chi connectivity index (χ4v) is 3.05. The number of para-hydroxylation sites is 1. The molecule has 0 aliphatic rings. The number of benzene rings is 2. The highest BCUT2D eigenvalue weighted by atomic mass is 16.5. The van der Waals surface area contributed by atoms with Crippen LogP contribution in [0, 0.1) is 0 Å². The number of ether oxygens (including phenoxy) is 2. The number of methoxy groups -OCH3 is 2. The highest BCUT2D eigenvalue weighted by molar-refractivity contribution is 6.06. The van der Waals surface area contributed by atoms with E-state index in [2.05, 4.69) is 15.5 Å². The molecule has 0 atom stereocenters. The van der Waals surface area contributed by atoms with Gasteiger partial charge in [0.2, 0.25) is 0 Å². The zero-order valence-electron chi connectivity index (χ0n) is 15.5.